The molecular weight excluding hydrogens is 348 g/mol. The van der Waals surface area contributed by atoms with Gasteiger partial charge in [0.15, 0.2) is 0 Å². The van der Waals surface area contributed by atoms with E-state index >= 15 is 0 Å². The van der Waals surface area contributed by atoms with Gasteiger partial charge in [-0.15, -0.1) is 0 Å². The molecule has 0 aliphatic heterocycles. The Kier molecular flexibility index (Phi) is 8.80. The molecule has 1 atom stereocenters. The molecular formula is C25H32O3. The van der Waals surface area contributed by atoms with E-state index in [1.807, 2.05) is 56.3 Å². The Bertz CT molecular complexity index is 762. The van der Waals surface area contributed by atoms with Crippen LogP contribution in [0.3, 0.4) is 0 Å². The van der Waals surface area contributed by atoms with Gasteiger partial charge in [0.2, 0.25) is 0 Å². The molecule has 2 aromatic carbocycles. The van der Waals surface area contributed by atoms with Crippen LogP contribution in [-0.4, -0.2) is 18.7 Å². The summed E-state index contributed by atoms with van der Waals surface area (Å²) in [5.41, 5.74) is 3.43. The van der Waals surface area contributed by atoms with Crippen LogP contribution in [0.25, 0.3) is 17.2 Å². The molecule has 0 aliphatic rings. The summed E-state index contributed by atoms with van der Waals surface area (Å²) in [7, 11) is 0. The maximum atomic E-state index is 12.4. The summed E-state index contributed by atoms with van der Waals surface area (Å²) in [6, 6.07) is 13.8. The lowest BCUT2D eigenvalue weighted by Gasteiger charge is -2.13. The number of benzene rings is 2. The molecule has 0 amide bonds. The van der Waals surface area contributed by atoms with Gasteiger partial charge in [-0.25, -0.2) is 4.79 Å². The molecule has 0 aromatic heterocycles. The molecule has 150 valence electrons. The lowest BCUT2D eigenvalue weighted by atomic mass is 9.99. The quantitative estimate of drug-likeness (QED) is 0.314. The predicted octanol–water partition coefficient (Wildman–Crippen LogP) is 6.91. The van der Waals surface area contributed by atoms with E-state index in [0.717, 1.165) is 41.9 Å². The Morgan fingerprint density at radius 1 is 1.04 bits per heavy atom. The maximum absolute atomic E-state index is 12.4. The third kappa shape index (κ3) is 6.26. The number of hydrogen-bond acceptors (Lipinski definition) is 3. The minimum atomic E-state index is -0.303. The number of rotatable bonds is 11. The van der Waals surface area contributed by atoms with Gasteiger partial charge >= 0.3 is 5.97 Å². The molecule has 0 unspecified atom stereocenters. The molecule has 2 aromatic rings. The van der Waals surface area contributed by atoms with Gasteiger partial charge in [-0.2, -0.15) is 0 Å². The normalized spacial score (nSPS) is 11.7. The zero-order chi connectivity index (χ0) is 20.4. The highest BCUT2D eigenvalue weighted by atomic mass is 16.5. The summed E-state index contributed by atoms with van der Waals surface area (Å²) >= 11 is 0. The van der Waals surface area contributed by atoms with Crippen LogP contribution < -0.4 is 4.74 Å². The number of carbonyl (C=O) groups excluding carboxylic acids is 1. The van der Waals surface area contributed by atoms with E-state index < -0.39 is 0 Å². The van der Waals surface area contributed by atoms with Crippen molar-refractivity contribution in [2.24, 2.45) is 0 Å². The summed E-state index contributed by atoms with van der Waals surface area (Å²) in [6.07, 6.45) is 7.19. The van der Waals surface area contributed by atoms with Gasteiger partial charge in [-0.05, 0) is 60.7 Å². The maximum Gasteiger partial charge on any atom is 0.338 e. The lowest BCUT2D eigenvalue weighted by Crippen LogP contribution is -2.15. The van der Waals surface area contributed by atoms with E-state index in [9.17, 15) is 4.79 Å². The van der Waals surface area contributed by atoms with E-state index in [2.05, 4.69) is 13.5 Å². The first-order valence-corrected chi connectivity index (χ1v) is 10.3. The van der Waals surface area contributed by atoms with Crippen LogP contribution in [0.2, 0.25) is 0 Å². The molecule has 0 saturated heterocycles. The van der Waals surface area contributed by atoms with Crippen LogP contribution in [0.4, 0.5) is 0 Å². The van der Waals surface area contributed by atoms with Crippen LogP contribution in [-0.2, 0) is 4.74 Å². The average Bonchev–Trinajstić information content (AvgIpc) is 2.73. The second kappa shape index (κ2) is 11.3. The van der Waals surface area contributed by atoms with Crippen LogP contribution in [0, 0.1) is 0 Å². The van der Waals surface area contributed by atoms with Crippen LogP contribution in [0.5, 0.6) is 5.75 Å². The Balaban J connectivity index is 2.06. The van der Waals surface area contributed by atoms with Gasteiger partial charge in [0.25, 0.3) is 0 Å². The van der Waals surface area contributed by atoms with E-state index in [-0.39, 0.29) is 12.1 Å². The Morgan fingerprint density at radius 3 is 2.39 bits per heavy atom. The second-order valence-electron chi connectivity index (χ2n) is 7.06. The highest BCUT2D eigenvalue weighted by Gasteiger charge is 2.14. The average molecular weight is 381 g/mol. The molecule has 28 heavy (non-hydrogen) atoms. The fourth-order valence-electron chi connectivity index (χ4n) is 2.89. The Labute approximate surface area is 169 Å². The molecule has 2 rings (SSSR count). The highest BCUT2D eigenvalue weighted by Crippen LogP contribution is 2.26. The van der Waals surface area contributed by atoms with E-state index in [0.29, 0.717) is 5.56 Å². The number of unbranched alkanes of at least 4 members (excludes halogenated alkanes) is 3. The summed E-state index contributed by atoms with van der Waals surface area (Å²) in [5.74, 6) is 0.584. The number of esters is 1. The summed E-state index contributed by atoms with van der Waals surface area (Å²) in [6.45, 7) is 10.7. The van der Waals surface area contributed by atoms with Gasteiger partial charge in [0.05, 0.1) is 18.3 Å². The number of carbonyl (C=O) groups is 1. The molecule has 3 heteroatoms. The standard InChI is InChI=1S/C25H32O3/c1-5-8-9-10-17-27-23-14-11-21(12-15-23)22-13-16-24(20(7-3)18-22)25(26)28-19(4)6-2/h7,11-16,18-19H,3,5-6,8-10,17H2,1-2,4H3/t19-/m1/s1. The lowest BCUT2D eigenvalue weighted by molar-refractivity contribution is 0.0334. The molecule has 0 fully saturated rings. The third-order valence-electron chi connectivity index (χ3n) is 4.83. The molecule has 0 heterocycles. The SMILES string of the molecule is C=Cc1cc(-c2ccc(OCCCCCC)cc2)ccc1C(=O)O[C@H](C)CC. The molecule has 0 bridgehead atoms. The van der Waals surface area contributed by atoms with Crippen LogP contribution >= 0.6 is 0 Å². The summed E-state index contributed by atoms with van der Waals surface area (Å²) < 4.78 is 11.3. The zero-order valence-electron chi connectivity index (χ0n) is 17.4. The van der Waals surface area contributed by atoms with Crippen molar-refractivity contribution in [2.75, 3.05) is 6.61 Å². The summed E-state index contributed by atoms with van der Waals surface area (Å²) in [4.78, 5) is 12.4. The van der Waals surface area contributed by atoms with Crippen molar-refractivity contribution in [3.05, 3.63) is 60.2 Å². The van der Waals surface area contributed by atoms with Crippen LogP contribution in [0.15, 0.2) is 49.0 Å². The predicted molar refractivity (Wildman–Crippen MR) is 117 cm³/mol. The molecule has 0 aliphatic carbocycles. The second-order valence-corrected chi connectivity index (χ2v) is 7.06. The molecule has 0 radical (unpaired) electrons. The Hall–Kier alpha value is -2.55. The molecule has 0 N–H and O–H groups in total. The minimum Gasteiger partial charge on any atom is -0.494 e. The van der Waals surface area contributed by atoms with Crippen molar-refractivity contribution in [3.8, 4) is 16.9 Å². The van der Waals surface area contributed by atoms with Gasteiger partial charge in [-0.3, -0.25) is 0 Å². The number of ether oxygens (including phenoxy) is 2. The molecule has 0 saturated carbocycles. The largest absolute Gasteiger partial charge is 0.494 e. The molecule has 0 spiro atoms. The molecule has 3 nitrogen and oxygen atoms in total. The van der Waals surface area contributed by atoms with Crippen molar-refractivity contribution in [2.45, 2.75) is 59.0 Å². The monoisotopic (exact) mass is 380 g/mol. The first-order valence-electron chi connectivity index (χ1n) is 10.3. The fourth-order valence-corrected chi connectivity index (χ4v) is 2.89. The summed E-state index contributed by atoms with van der Waals surface area (Å²) in [5, 5.41) is 0. The van der Waals surface area contributed by atoms with E-state index in [1.165, 1.54) is 19.3 Å². The number of hydrogen-bond donors (Lipinski definition) is 0. The van der Waals surface area contributed by atoms with E-state index in [4.69, 9.17) is 9.47 Å². The van der Waals surface area contributed by atoms with Crippen molar-refractivity contribution in [1.82, 2.24) is 0 Å². The van der Waals surface area contributed by atoms with Crippen molar-refractivity contribution in [1.29, 1.82) is 0 Å². The highest BCUT2D eigenvalue weighted by molar-refractivity contribution is 5.94. The van der Waals surface area contributed by atoms with Crippen molar-refractivity contribution in [3.63, 3.8) is 0 Å². The minimum absolute atomic E-state index is 0.0978. The van der Waals surface area contributed by atoms with E-state index in [1.54, 1.807) is 6.08 Å². The smallest absolute Gasteiger partial charge is 0.338 e. The Morgan fingerprint density at radius 2 is 1.75 bits per heavy atom. The first kappa shape index (κ1) is 21.7. The van der Waals surface area contributed by atoms with Gasteiger partial charge in [0.1, 0.15) is 5.75 Å². The van der Waals surface area contributed by atoms with Gasteiger partial charge < -0.3 is 9.47 Å². The topological polar surface area (TPSA) is 35.5 Å². The van der Waals surface area contributed by atoms with Crippen molar-refractivity contribution < 1.29 is 14.3 Å². The van der Waals surface area contributed by atoms with Gasteiger partial charge in [0, 0.05) is 0 Å². The van der Waals surface area contributed by atoms with Gasteiger partial charge in [-0.1, -0.05) is 64.0 Å². The van der Waals surface area contributed by atoms with Crippen LogP contribution in [0.1, 0.15) is 68.8 Å². The van der Waals surface area contributed by atoms with Crippen molar-refractivity contribution >= 4 is 12.0 Å². The third-order valence-corrected chi connectivity index (χ3v) is 4.83. The fraction of sp³-hybridized carbons (Fsp3) is 0.400. The zero-order valence-corrected chi connectivity index (χ0v) is 17.4. The first-order chi connectivity index (χ1) is 13.6.